The molecule has 4 unspecified atom stereocenters. The Morgan fingerprint density at radius 2 is 1.94 bits per heavy atom. The van der Waals surface area contributed by atoms with E-state index in [4.69, 9.17) is 4.74 Å². The summed E-state index contributed by atoms with van der Waals surface area (Å²) in [7, 11) is 0. The second-order valence-corrected chi connectivity index (χ2v) is 6.25. The van der Waals surface area contributed by atoms with E-state index >= 15 is 0 Å². The van der Waals surface area contributed by atoms with Crippen molar-refractivity contribution in [2.75, 3.05) is 13.2 Å². The van der Waals surface area contributed by atoms with Gasteiger partial charge in [-0.15, -0.1) is 0 Å². The van der Waals surface area contributed by atoms with E-state index in [0.29, 0.717) is 12.1 Å². The number of hydrogen-bond acceptors (Lipinski definition) is 3. The molecule has 0 aliphatic heterocycles. The van der Waals surface area contributed by atoms with Crippen molar-refractivity contribution >= 4 is 0 Å². The Labute approximate surface area is 112 Å². The van der Waals surface area contributed by atoms with Gasteiger partial charge in [-0.3, -0.25) is 0 Å². The third-order valence-corrected chi connectivity index (χ3v) is 4.16. The molecule has 1 aliphatic carbocycles. The van der Waals surface area contributed by atoms with Crippen LogP contribution in [-0.2, 0) is 4.74 Å². The topological polar surface area (TPSA) is 41.5 Å². The molecule has 0 aromatic rings. The van der Waals surface area contributed by atoms with Crippen LogP contribution in [0.4, 0.5) is 0 Å². The van der Waals surface area contributed by atoms with Gasteiger partial charge in [0, 0.05) is 18.7 Å². The fourth-order valence-corrected chi connectivity index (χ4v) is 2.73. The smallest absolute Gasteiger partial charge is 0.0585 e. The van der Waals surface area contributed by atoms with E-state index in [0.717, 1.165) is 24.9 Å². The largest absolute Gasteiger partial charge is 0.395 e. The van der Waals surface area contributed by atoms with Crippen molar-refractivity contribution in [3.05, 3.63) is 0 Å². The average Bonchev–Trinajstić information content (AvgIpc) is 2.32. The molecule has 3 heteroatoms. The molecule has 0 bridgehead atoms. The third-order valence-electron chi connectivity index (χ3n) is 4.16. The maximum atomic E-state index is 9.27. The standard InChI is InChI=1S/C15H31NO2/c1-11(2)16-14(10-17)7-8-18-15-6-5-12(3)13(4)9-15/h11-17H,5-10H2,1-4H3. The molecule has 0 aromatic carbocycles. The summed E-state index contributed by atoms with van der Waals surface area (Å²) in [6, 6.07) is 0.586. The summed E-state index contributed by atoms with van der Waals surface area (Å²) in [6.07, 6.45) is 5.03. The Bertz CT molecular complexity index is 221. The molecule has 3 nitrogen and oxygen atoms in total. The lowest BCUT2D eigenvalue weighted by molar-refractivity contribution is -0.00322. The van der Waals surface area contributed by atoms with Crippen LogP contribution in [0.3, 0.4) is 0 Å². The van der Waals surface area contributed by atoms with E-state index in [2.05, 4.69) is 33.0 Å². The zero-order valence-electron chi connectivity index (χ0n) is 12.5. The summed E-state index contributed by atoms with van der Waals surface area (Å²) in [6.45, 7) is 9.84. The van der Waals surface area contributed by atoms with Crippen LogP contribution in [0.5, 0.6) is 0 Å². The normalized spacial score (nSPS) is 30.7. The molecule has 0 aromatic heterocycles. The van der Waals surface area contributed by atoms with Gasteiger partial charge in [-0.05, 0) is 37.5 Å². The molecule has 18 heavy (non-hydrogen) atoms. The molecule has 1 rings (SSSR count). The van der Waals surface area contributed by atoms with Gasteiger partial charge in [0.05, 0.1) is 12.7 Å². The van der Waals surface area contributed by atoms with Gasteiger partial charge in [-0.2, -0.15) is 0 Å². The van der Waals surface area contributed by atoms with Crippen LogP contribution < -0.4 is 5.32 Å². The number of nitrogens with one attached hydrogen (secondary N) is 1. The van der Waals surface area contributed by atoms with Gasteiger partial charge in [0.15, 0.2) is 0 Å². The minimum absolute atomic E-state index is 0.171. The molecular formula is C15H31NO2. The third kappa shape index (κ3) is 5.68. The molecule has 0 saturated heterocycles. The van der Waals surface area contributed by atoms with Crippen LogP contribution in [-0.4, -0.2) is 36.5 Å². The van der Waals surface area contributed by atoms with E-state index in [1.165, 1.54) is 19.3 Å². The van der Waals surface area contributed by atoms with Crippen LogP contribution in [0.15, 0.2) is 0 Å². The van der Waals surface area contributed by atoms with E-state index in [-0.39, 0.29) is 12.6 Å². The maximum absolute atomic E-state index is 9.27. The number of rotatable bonds is 7. The monoisotopic (exact) mass is 257 g/mol. The summed E-state index contributed by atoms with van der Waals surface area (Å²) in [5.41, 5.74) is 0. The number of hydrogen-bond donors (Lipinski definition) is 2. The molecule has 0 radical (unpaired) electrons. The second kappa shape index (κ2) is 8.13. The summed E-state index contributed by atoms with van der Waals surface area (Å²) < 4.78 is 5.96. The molecule has 2 N–H and O–H groups in total. The van der Waals surface area contributed by atoms with Crippen molar-refractivity contribution in [1.29, 1.82) is 0 Å². The SMILES string of the molecule is CC(C)NC(CO)CCOC1CCC(C)C(C)C1. The van der Waals surface area contributed by atoms with Crippen molar-refractivity contribution in [1.82, 2.24) is 5.32 Å². The fraction of sp³-hybridized carbons (Fsp3) is 1.00. The molecule has 108 valence electrons. The lowest BCUT2D eigenvalue weighted by atomic mass is 9.80. The molecule has 4 atom stereocenters. The number of aliphatic hydroxyl groups is 1. The first-order valence-corrected chi connectivity index (χ1v) is 7.51. The first kappa shape index (κ1) is 15.9. The van der Waals surface area contributed by atoms with Crippen molar-refractivity contribution in [3.63, 3.8) is 0 Å². The summed E-state index contributed by atoms with van der Waals surface area (Å²) in [5.74, 6) is 1.63. The van der Waals surface area contributed by atoms with Crippen molar-refractivity contribution < 1.29 is 9.84 Å². The number of aliphatic hydroxyl groups excluding tert-OH is 1. The van der Waals surface area contributed by atoms with Crippen molar-refractivity contribution in [2.24, 2.45) is 11.8 Å². The highest BCUT2D eigenvalue weighted by atomic mass is 16.5. The highest BCUT2D eigenvalue weighted by Gasteiger charge is 2.25. The van der Waals surface area contributed by atoms with Crippen LogP contribution in [0.1, 0.15) is 53.4 Å². The summed E-state index contributed by atoms with van der Waals surface area (Å²) >= 11 is 0. The van der Waals surface area contributed by atoms with Crippen LogP contribution in [0, 0.1) is 11.8 Å². The minimum atomic E-state index is 0.171. The second-order valence-electron chi connectivity index (χ2n) is 6.25. The molecule has 0 amide bonds. The molecule has 0 spiro atoms. The van der Waals surface area contributed by atoms with Gasteiger partial charge in [-0.25, -0.2) is 0 Å². The Morgan fingerprint density at radius 1 is 1.22 bits per heavy atom. The van der Waals surface area contributed by atoms with Gasteiger partial charge in [-0.1, -0.05) is 27.7 Å². The first-order chi connectivity index (χ1) is 8.52. The molecule has 1 aliphatic rings. The predicted octanol–water partition coefficient (Wildman–Crippen LogP) is 2.58. The lowest BCUT2D eigenvalue weighted by Gasteiger charge is -2.32. The Morgan fingerprint density at radius 3 is 2.50 bits per heavy atom. The van der Waals surface area contributed by atoms with Gasteiger partial charge < -0.3 is 15.2 Å². The Hall–Kier alpha value is -0.120. The minimum Gasteiger partial charge on any atom is -0.395 e. The lowest BCUT2D eigenvalue weighted by Crippen LogP contribution is -2.38. The summed E-state index contributed by atoms with van der Waals surface area (Å²) in [5, 5.41) is 12.6. The highest BCUT2D eigenvalue weighted by molar-refractivity contribution is 4.76. The van der Waals surface area contributed by atoms with Gasteiger partial charge in [0.2, 0.25) is 0 Å². The first-order valence-electron chi connectivity index (χ1n) is 7.51. The van der Waals surface area contributed by atoms with Gasteiger partial charge >= 0.3 is 0 Å². The van der Waals surface area contributed by atoms with E-state index in [1.807, 2.05) is 0 Å². The Balaban J connectivity index is 2.16. The zero-order valence-corrected chi connectivity index (χ0v) is 12.5. The van der Waals surface area contributed by atoms with Gasteiger partial charge in [0.1, 0.15) is 0 Å². The highest BCUT2D eigenvalue weighted by Crippen LogP contribution is 2.30. The van der Waals surface area contributed by atoms with E-state index < -0.39 is 0 Å². The van der Waals surface area contributed by atoms with E-state index in [9.17, 15) is 5.11 Å². The van der Waals surface area contributed by atoms with Crippen molar-refractivity contribution in [3.8, 4) is 0 Å². The molecule has 0 heterocycles. The van der Waals surface area contributed by atoms with Crippen molar-refractivity contribution in [2.45, 2.75) is 71.6 Å². The van der Waals surface area contributed by atoms with Crippen LogP contribution in [0.25, 0.3) is 0 Å². The Kier molecular flexibility index (Phi) is 7.20. The van der Waals surface area contributed by atoms with Crippen LogP contribution in [0.2, 0.25) is 0 Å². The van der Waals surface area contributed by atoms with Crippen LogP contribution >= 0.6 is 0 Å². The number of ether oxygens (including phenoxy) is 1. The quantitative estimate of drug-likeness (QED) is 0.736. The van der Waals surface area contributed by atoms with Gasteiger partial charge in [0.25, 0.3) is 0 Å². The summed E-state index contributed by atoms with van der Waals surface area (Å²) in [4.78, 5) is 0. The average molecular weight is 257 g/mol. The predicted molar refractivity (Wildman–Crippen MR) is 75.7 cm³/mol. The molecule has 1 fully saturated rings. The fourth-order valence-electron chi connectivity index (χ4n) is 2.73. The zero-order chi connectivity index (χ0) is 13.5. The molecular weight excluding hydrogens is 226 g/mol. The maximum Gasteiger partial charge on any atom is 0.0585 e. The van der Waals surface area contributed by atoms with E-state index in [1.54, 1.807) is 0 Å². The molecule has 1 saturated carbocycles.